The first-order valence-electron chi connectivity index (χ1n) is 3.92. The van der Waals surface area contributed by atoms with Gasteiger partial charge in [-0.2, -0.15) is 0 Å². The third kappa shape index (κ3) is 1.23. The van der Waals surface area contributed by atoms with Gasteiger partial charge < -0.3 is 10.7 Å². The normalized spacial score (nSPS) is 13.8. The van der Waals surface area contributed by atoms with Crippen molar-refractivity contribution in [2.24, 2.45) is 5.73 Å². The third-order valence-corrected chi connectivity index (χ3v) is 2.55. The summed E-state index contributed by atoms with van der Waals surface area (Å²) < 4.78 is 0. The monoisotopic (exact) mass is 181 g/mol. The Morgan fingerprint density at radius 3 is 3.33 bits per heavy atom. The number of nitrogens with one attached hydrogen (secondary N) is 1. The number of nitrogens with zero attached hydrogens (tertiary/aromatic N) is 1. The molecule has 2 aromatic heterocycles. The van der Waals surface area contributed by atoms with Gasteiger partial charge in [0.05, 0.1) is 5.51 Å². The first kappa shape index (κ1) is 7.76. The molecule has 3 N–H and O–H groups in total. The van der Waals surface area contributed by atoms with Crippen molar-refractivity contribution in [2.45, 2.75) is 19.4 Å². The summed E-state index contributed by atoms with van der Waals surface area (Å²) >= 11 is 1.63. The van der Waals surface area contributed by atoms with E-state index in [0.29, 0.717) is 0 Å². The Morgan fingerprint density at radius 2 is 2.58 bits per heavy atom. The maximum Gasteiger partial charge on any atom is 0.120 e. The molecule has 1 unspecified atom stereocenters. The molecular weight excluding hydrogens is 170 g/mol. The highest BCUT2D eigenvalue weighted by Crippen LogP contribution is 2.20. The van der Waals surface area contributed by atoms with Gasteiger partial charge in [-0.25, -0.2) is 4.98 Å². The number of H-pyrrole nitrogens is 1. The number of thiazole rings is 1. The van der Waals surface area contributed by atoms with Gasteiger partial charge in [0.2, 0.25) is 0 Å². The van der Waals surface area contributed by atoms with E-state index in [1.54, 1.807) is 11.3 Å². The number of hydrogen-bond donors (Lipinski definition) is 2. The zero-order valence-electron chi connectivity index (χ0n) is 6.87. The Kier molecular flexibility index (Phi) is 1.86. The second-order valence-electron chi connectivity index (χ2n) is 3.03. The van der Waals surface area contributed by atoms with Gasteiger partial charge in [-0.05, 0) is 18.9 Å². The summed E-state index contributed by atoms with van der Waals surface area (Å²) in [6.07, 6.45) is 2.89. The van der Waals surface area contributed by atoms with Crippen molar-refractivity contribution in [1.82, 2.24) is 9.97 Å². The number of aromatic amines is 1. The Balaban J connectivity index is 2.40. The molecule has 64 valence electrons. The maximum atomic E-state index is 5.71. The molecule has 4 heteroatoms. The molecule has 12 heavy (non-hydrogen) atoms. The smallest absolute Gasteiger partial charge is 0.120 e. The van der Waals surface area contributed by atoms with Gasteiger partial charge >= 0.3 is 0 Å². The molecule has 0 bridgehead atoms. The van der Waals surface area contributed by atoms with Crippen molar-refractivity contribution in [2.75, 3.05) is 0 Å². The topological polar surface area (TPSA) is 54.7 Å². The van der Waals surface area contributed by atoms with E-state index in [2.05, 4.69) is 9.97 Å². The van der Waals surface area contributed by atoms with Gasteiger partial charge in [-0.15, -0.1) is 11.3 Å². The van der Waals surface area contributed by atoms with E-state index < -0.39 is 0 Å². The minimum atomic E-state index is 0.200. The molecule has 0 aliphatic heterocycles. The summed E-state index contributed by atoms with van der Waals surface area (Å²) in [5.74, 6) is 0. The van der Waals surface area contributed by atoms with E-state index in [0.717, 1.165) is 16.8 Å². The number of nitrogens with two attached hydrogens (primary N) is 1. The molecule has 0 fully saturated rings. The van der Waals surface area contributed by atoms with Crippen molar-refractivity contribution < 1.29 is 0 Å². The fourth-order valence-electron chi connectivity index (χ4n) is 1.30. The highest BCUT2D eigenvalue weighted by atomic mass is 32.1. The first-order valence-corrected chi connectivity index (χ1v) is 4.80. The zero-order valence-corrected chi connectivity index (χ0v) is 7.69. The molecule has 3 nitrogen and oxygen atoms in total. The Morgan fingerprint density at radius 1 is 1.75 bits per heavy atom. The van der Waals surface area contributed by atoms with E-state index in [1.807, 2.05) is 18.6 Å². The second-order valence-corrected chi connectivity index (χ2v) is 3.88. The van der Waals surface area contributed by atoms with Crippen molar-refractivity contribution in [1.29, 1.82) is 0 Å². The van der Waals surface area contributed by atoms with Crippen LogP contribution >= 0.6 is 11.3 Å². The highest BCUT2D eigenvalue weighted by Gasteiger charge is 2.07. The lowest BCUT2D eigenvalue weighted by molar-refractivity contribution is 0.740. The summed E-state index contributed by atoms with van der Waals surface area (Å²) in [7, 11) is 0. The quantitative estimate of drug-likeness (QED) is 0.738. The molecule has 0 aromatic carbocycles. The molecule has 0 saturated carbocycles. The predicted octanol–water partition coefficient (Wildman–Crippen LogP) is 1.51. The second kappa shape index (κ2) is 2.88. The molecule has 1 atom stereocenters. The van der Waals surface area contributed by atoms with Crippen LogP contribution in [0.25, 0.3) is 10.3 Å². The SMILES string of the molecule is CC(N)Cc1c[nH]c2scnc12. The summed E-state index contributed by atoms with van der Waals surface area (Å²) in [5.41, 5.74) is 9.86. The minimum Gasteiger partial charge on any atom is -0.351 e. The summed E-state index contributed by atoms with van der Waals surface area (Å²) in [6, 6.07) is 0.200. The summed E-state index contributed by atoms with van der Waals surface area (Å²) in [6.45, 7) is 2.01. The Bertz CT molecular complexity index is 374. The van der Waals surface area contributed by atoms with Crippen LogP contribution in [-0.2, 0) is 6.42 Å². The van der Waals surface area contributed by atoms with Gasteiger partial charge in [-0.3, -0.25) is 0 Å². The van der Waals surface area contributed by atoms with E-state index >= 15 is 0 Å². The van der Waals surface area contributed by atoms with Crippen molar-refractivity contribution in [3.05, 3.63) is 17.3 Å². The average molecular weight is 181 g/mol. The average Bonchev–Trinajstić information content (AvgIpc) is 2.52. The van der Waals surface area contributed by atoms with Gasteiger partial charge in [0.25, 0.3) is 0 Å². The van der Waals surface area contributed by atoms with Crippen LogP contribution in [0.15, 0.2) is 11.7 Å². The van der Waals surface area contributed by atoms with Crippen LogP contribution in [0.3, 0.4) is 0 Å². The number of rotatable bonds is 2. The molecule has 0 aliphatic rings. The molecule has 0 spiro atoms. The molecule has 2 rings (SSSR count). The van der Waals surface area contributed by atoms with Crippen LogP contribution in [0.1, 0.15) is 12.5 Å². The Labute approximate surface area is 74.6 Å². The van der Waals surface area contributed by atoms with Crippen LogP contribution in [-0.4, -0.2) is 16.0 Å². The van der Waals surface area contributed by atoms with Gasteiger partial charge in [0, 0.05) is 12.2 Å². The lowest BCUT2D eigenvalue weighted by atomic mass is 10.1. The molecule has 0 amide bonds. The van der Waals surface area contributed by atoms with Crippen LogP contribution in [0, 0.1) is 0 Å². The number of fused-ring (bicyclic) bond motifs is 1. The van der Waals surface area contributed by atoms with Crippen LogP contribution in [0.5, 0.6) is 0 Å². The number of aromatic nitrogens is 2. The molecule has 0 aliphatic carbocycles. The van der Waals surface area contributed by atoms with E-state index in [9.17, 15) is 0 Å². The van der Waals surface area contributed by atoms with Crippen molar-refractivity contribution in [3.8, 4) is 0 Å². The highest BCUT2D eigenvalue weighted by molar-refractivity contribution is 7.16. The molecule has 2 aromatic rings. The Hall–Kier alpha value is -0.870. The zero-order chi connectivity index (χ0) is 8.55. The molecule has 0 saturated heterocycles. The van der Waals surface area contributed by atoms with Gasteiger partial charge in [0.1, 0.15) is 10.3 Å². The van der Waals surface area contributed by atoms with Gasteiger partial charge in [0.15, 0.2) is 0 Å². The fourth-order valence-corrected chi connectivity index (χ4v) is 1.99. The maximum absolute atomic E-state index is 5.71. The van der Waals surface area contributed by atoms with Crippen LogP contribution in [0.4, 0.5) is 0 Å². The molecule has 0 radical (unpaired) electrons. The van der Waals surface area contributed by atoms with E-state index in [1.165, 1.54) is 5.56 Å². The summed E-state index contributed by atoms with van der Waals surface area (Å²) in [5, 5.41) is 0. The van der Waals surface area contributed by atoms with Crippen molar-refractivity contribution >= 4 is 21.7 Å². The lowest BCUT2D eigenvalue weighted by Gasteiger charge is -2.00. The summed E-state index contributed by atoms with van der Waals surface area (Å²) in [4.78, 5) is 8.58. The fraction of sp³-hybridized carbons (Fsp3) is 0.375. The largest absolute Gasteiger partial charge is 0.351 e. The van der Waals surface area contributed by atoms with E-state index in [-0.39, 0.29) is 6.04 Å². The predicted molar refractivity (Wildman–Crippen MR) is 51.3 cm³/mol. The molecule has 2 heterocycles. The van der Waals surface area contributed by atoms with Crippen LogP contribution in [0.2, 0.25) is 0 Å². The first-order chi connectivity index (χ1) is 5.77. The van der Waals surface area contributed by atoms with Crippen LogP contribution < -0.4 is 5.73 Å². The third-order valence-electron chi connectivity index (χ3n) is 1.79. The lowest BCUT2D eigenvalue weighted by Crippen LogP contribution is -2.17. The van der Waals surface area contributed by atoms with Gasteiger partial charge in [-0.1, -0.05) is 0 Å². The minimum absolute atomic E-state index is 0.200. The standard InChI is InChI=1S/C8H11N3S/c1-5(9)2-6-3-10-8-7(6)11-4-12-8/h3-5,10H,2,9H2,1H3. The van der Waals surface area contributed by atoms with E-state index in [4.69, 9.17) is 5.73 Å². The van der Waals surface area contributed by atoms with Crippen molar-refractivity contribution in [3.63, 3.8) is 0 Å². The molecular formula is C8H11N3S. The number of hydrogen-bond acceptors (Lipinski definition) is 3.